The molecule has 0 heterocycles. The van der Waals surface area contributed by atoms with Crippen LogP contribution in [-0.2, 0) is 0 Å². The van der Waals surface area contributed by atoms with Gasteiger partial charge in [0.2, 0.25) is 0 Å². The van der Waals surface area contributed by atoms with Gasteiger partial charge in [-0.1, -0.05) is 6.07 Å². The van der Waals surface area contributed by atoms with Crippen molar-refractivity contribution in [3.8, 4) is 0 Å². The van der Waals surface area contributed by atoms with Crippen molar-refractivity contribution in [2.75, 3.05) is 5.32 Å². The summed E-state index contributed by atoms with van der Waals surface area (Å²) in [7, 11) is 0. The van der Waals surface area contributed by atoms with E-state index in [9.17, 15) is 0 Å². The standard InChI is InChI=1S/C12H17BrN2/c1-8-2-5-11(13)12(6-8)15-10-4-3-9(14)7-10/h2,5-6,9-10,15H,3-4,7,14H2,1H3. The molecule has 82 valence electrons. The minimum Gasteiger partial charge on any atom is -0.381 e. The highest BCUT2D eigenvalue weighted by atomic mass is 79.9. The first kappa shape index (κ1) is 11.0. The monoisotopic (exact) mass is 268 g/mol. The molecule has 0 aliphatic heterocycles. The fourth-order valence-corrected chi connectivity index (χ4v) is 2.48. The lowest BCUT2D eigenvalue weighted by Crippen LogP contribution is -2.20. The van der Waals surface area contributed by atoms with E-state index in [4.69, 9.17) is 5.73 Å². The average Bonchev–Trinajstić information content (AvgIpc) is 2.58. The van der Waals surface area contributed by atoms with Crippen molar-refractivity contribution in [2.45, 2.75) is 38.3 Å². The lowest BCUT2D eigenvalue weighted by molar-refractivity contribution is 0.687. The largest absolute Gasteiger partial charge is 0.381 e. The molecule has 0 radical (unpaired) electrons. The molecule has 2 nitrogen and oxygen atoms in total. The summed E-state index contributed by atoms with van der Waals surface area (Å²) in [6.45, 7) is 2.11. The van der Waals surface area contributed by atoms with Crippen molar-refractivity contribution >= 4 is 21.6 Å². The van der Waals surface area contributed by atoms with Gasteiger partial charge in [-0.3, -0.25) is 0 Å². The van der Waals surface area contributed by atoms with E-state index in [0.29, 0.717) is 12.1 Å². The topological polar surface area (TPSA) is 38.0 Å². The van der Waals surface area contributed by atoms with Gasteiger partial charge in [-0.05, 0) is 59.8 Å². The van der Waals surface area contributed by atoms with Crippen LogP contribution in [0.5, 0.6) is 0 Å². The Kier molecular flexibility index (Phi) is 3.32. The Labute approximate surface area is 99.4 Å². The Morgan fingerprint density at radius 3 is 2.87 bits per heavy atom. The van der Waals surface area contributed by atoms with Gasteiger partial charge < -0.3 is 11.1 Å². The molecule has 1 aliphatic carbocycles. The van der Waals surface area contributed by atoms with E-state index in [1.165, 1.54) is 17.7 Å². The minimum absolute atomic E-state index is 0.381. The maximum Gasteiger partial charge on any atom is 0.0489 e. The Bertz CT molecular complexity index is 351. The number of halogens is 1. The SMILES string of the molecule is Cc1ccc(Br)c(NC2CCC(N)C2)c1. The molecule has 1 saturated carbocycles. The summed E-state index contributed by atoms with van der Waals surface area (Å²) in [5.41, 5.74) is 8.36. The van der Waals surface area contributed by atoms with E-state index in [-0.39, 0.29) is 0 Å². The van der Waals surface area contributed by atoms with Gasteiger partial charge in [0.05, 0.1) is 0 Å². The second-order valence-electron chi connectivity index (χ2n) is 4.40. The van der Waals surface area contributed by atoms with Crippen LogP contribution < -0.4 is 11.1 Å². The highest BCUT2D eigenvalue weighted by Gasteiger charge is 2.21. The van der Waals surface area contributed by atoms with Crippen LogP contribution in [0.25, 0.3) is 0 Å². The summed E-state index contributed by atoms with van der Waals surface area (Å²) in [6, 6.07) is 7.29. The van der Waals surface area contributed by atoms with Crippen molar-refractivity contribution in [2.24, 2.45) is 5.73 Å². The quantitative estimate of drug-likeness (QED) is 0.866. The number of nitrogens with one attached hydrogen (secondary N) is 1. The first-order chi connectivity index (χ1) is 7.15. The van der Waals surface area contributed by atoms with Gasteiger partial charge in [-0.15, -0.1) is 0 Å². The Morgan fingerprint density at radius 2 is 2.20 bits per heavy atom. The number of benzene rings is 1. The second-order valence-corrected chi connectivity index (χ2v) is 5.25. The summed E-state index contributed by atoms with van der Waals surface area (Å²) in [5, 5.41) is 3.55. The first-order valence-electron chi connectivity index (χ1n) is 5.43. The molecule has 3 N–H and O–H groups in total. The molecule has 0 aromatic heterocycles. The third-order valence-electron chi connectivity index (χ3n) is 2.95. The maximum atomic E-state index is 5.90. The van der Waals surface area contributed by atoms with Crippen LogP contribution >= 0.6 is 15.9 Å². The third kappa shape index (κ3) is 2.73. The van der Waals surface area contributed by atoms with Gasteiger partial charge >= 0.3 is 0 Å². The molecule has 1 fully saturated rings. The van der Waals surface area contributed by atoms with E-state index in [1.54, 1.807) is 0 Å². The molecule has 0 amide bonds. The van der Waals surface area contributed by atoms with Crippen LogP contribution in [0, 0.1) is 6.92 Å². The zero-order valence-electron chi connectivity index (χ0n) is 8.96. The van der Waals surface area contributed by atoms with Gasteiger partial charge in [0, 0.05) is 22.2 Å². The zero-order valence-corrected chi connectivity index (χ0v) is 10.5. The second kappa shape index (κ2) is 4.54. The maximum absolute atomic E-state index is 5.90. The van der Waals surface area contributed by atoms with Crippen LogP contribution in [0.4, 0.5) is 5.69 Å². The molecular weight excluding hydrogens is 252 g/mol. The average molecular weight is 269 g/mol. The van der Waals surface area contributed by atoms with E-state index in [0.717, 1.165) is 17.3 Å². The molecule has 3 heteroatoms. The van der Waals surface area contributed by atoms with Crippen LogP contribution in [0.3, 0.4) is 0 Å². The predicted molar refractivity (Wildman–Crippen MR) is 68.1 cm³/mol. The summed E-state index contributed by atoms with van der Waals surface area (Å²) < 4.78 is 1.13. The highest BCUT2D eigenvalue weighted by molar-refractivity contribution is 9.10. The Morgan fingerprint density at radius 1 is 1.40 bits per heavy atom. The Hall–Kier alpha value is -0.540. The zero-order chi connectivity index (χ0) is 10.8. The number of nitrogens with two attached hydrogens (primary N) is 1. The molecular formula is C12H17BrN2. The number of aryl methyl sites for hydroxylation is 1. The van der Waals surface area contributed by atoms with Crippen molar-refractivity contribution in [1.82, 2.24) is 0 Å². The number of hydrogen-bond donors (Lipinski definition) is 2. The smallest absolute Gasteiger partial charge is 0.0489 e. The molecule has 2 atom stereocenters. The number of hydrogen-bond acceptors (Lipinski definition) is 2. The predicted octanol–water partition coefficient (Wildman–Crippen LogP) is 3.05. The van der Waals surface area contributed by atoms with E-state index in [2.05, 4.69) is 46.4 Å². The van der Waals surface area contributed by atoms with Crippen LogP contribution in [-0.4, -0.2) is 12.1 Å². The van der Waals surface area contributed by atoms with Gasteiger partial charge in [0.25, 0.3) is 0 Å². The van der Waals surface area contributed by atoms with Crippen molar-refractivity contribution in [3.05, 3.63) is 28.2 Å². The number of anilines is 1. The lowest BCUT2D eigenvalue weighted by Gasteiger charge is -2.15. The molecule has 2 unspecified atom stereocenters. The van der Waals surface area contributed by atoms with Crippen molar-refractivity contribution < 1.29 is 0 Å². The molecule has 0 bridgehead atoms. The van der Waals surface area contributed by atoms with Crippen molar-refractivity contribution in [3.63, 3.8) is 0 Å². The summed E-state index contributed by atoms with van der Waals surface area (Å²) >= 11 is 3.56. The third-order valence-corrected chi connectivity index (χ3v) is 3.65. The fraction of sp³-hybridized carbons (Fsp3) is 0.500. The molecule has 1 aliphatic rings. The van der Waals surface area contributed by atoms with Gasteiger partial charge in [-0.25, -0.2) is 0 Å². The summed E-state index contributed by atoms with van der Waals surface area (Å²) in [6.07, 6.45) is 3.41. The highest BCUT2D eigenvalue weighted by Crippen LogP contribution is 2.27. The van der Waals surface area contributed by atoms with E-state index < -0.39 is 0 Å². The lowest BCUT2D eigenvalue weighted by atomic mass is 10.2. The normalized spacial score (nSPS) is 25.5. The first-order valence-corrected chi connectivity index (χ1v) is 6.23. The molecule has 15 heavy (non-hydrogen) atoms. The summed E-state index contributed by atoms with van der Waals surface area (Å²) in [5.74, 6) is 0. The van der Waals surface area contributed by atoms with Crippen LogP contribution in [0.1, 0.15) is 24.8 Å². The van der Waals surface area contributed by atoms with Crippen LogP contribution in [0.2, 0.25) is 0 Å². The van der Waals surface area contributed by atoms with Crippen molar-refractivity contribution in [1.29, 1.82) is 0 Å². The minimum atomic E-state index is 0.381. The fourth-order valence-electron chi connectivity index (χ4n) is 2.12. The molecule has 1 aromatic carbocycles. The molecule has 0 spiro atoms. The summed E-state index contributed by atoms with van der Waals surface area (Å²) in [4.78, 5) is 0. The molecule has 0 saturated heterocycles. The van der Waals surface area contributed by atoms with Gasteiger partial charge in [0.1, 0.15) is 0 Å². The van der Waals surface area contributed by atoms with Gasteiger partial charge in [-0.2, -0.15) is 0 Å². The van der Waals surface area contributed by atoms with Crippen LogP contribution in [0.15, 0.2) is 22.7 Å². The van der Waals surface area contributed by atoms with Gasteiger partial charge in [0.15, 0.2) is 0 Å². The van der Waals surface area contributed by atoms with E-state index in [1.807, 2.05) is 0 Å². The number of rotatable bonds is 2. The molecule has 1 aromatic rings. The molecule has 2 rings (SSSR count). The Balaban J connectivity index is 2.07. The van der Waals surface area contributed by atoms with E-state index >= 15 is 0 Å².